The Labute approximate surface area is 123 Å². The largest absolute Gasteiger partial charge is 0.349 e. The van der Waals surface area contributed by atoms with Crippen LogP contribution in [0.25, 0.3) is 0 Å². The lowest BCUT2D eigenvalue weighted by Gasteiger charge is -2.17. The summed E-state index contributed by atoms with van der Waals surface area (Å²) in [6.07, 6.45) is 0.777. The van der Waals surface area contributed by atoms with Crippen molar-refractivity contribution in [1.29, 1.82) is 0 Å². The van der Waals surface area contributed by atoms with Crippen molar-refractivity contribution in [2.75, 3.05) is 26.1 Å². The number of amides is 1. The van der Waals surface area contributed by atoms with Gasteiger partial charge in [0.2, 0.25) is 0 Å². The van der Waals surface area contributed by atoms with Crippen molar-refractivity contribution in [1.82, 2.24) is 10.2 Å². The molecular weight excluding hydrogens is 274 g/mol. The van der Waals surface area contributed by atoms with Gasteiger partial charge in [-0.25, -0.2) is 0 Å². The number of anilines is 1. The Bertz CT molecular complexity index is 519. The fraction of sp³-hybridized carbons (Fsp3) is 0.462. The van der Waals surface area contributed by atoms with Gasteiger partial charge in [-0.3, -0.25) is 20.8 Å². The van der Waals surface area contributed by atoms with Crippen molar-refractivity contribution in [3.8, 4) is 0 Å². The maximum Gasteiger partial charge on any atom is 0.270 e. The van der Waals surface area contributed by atoms with Crippen LogP contribution in [0.5, 0.6) is 0 Å². The molecule has 4 N–H and O–H groups in total. The molecule has 21 heavy (non-hydrogen) atoms. The van der Waals surface area contributed by atoms with E-state index in [4.69, 9.17) is 5.84 Å². The standard InChI is InChI=1S/C13H21N5O3/c1-9(6-7-17(2)3)15-13(19)11-8-10(18(20)21)4-5-12(11)16-14/h4-5,8-9,16H,6-7,14H2,1-3H3,(H,15,19). The van der Waals surface area contributed by atoms with E-state index in [1.807, 2.05) is 25.9 Å². The number of hydrazine groups is 1. The van der Waals surface area contributed by atoms with Gasteiger partial charge in [0.1, 0.15) is 0 Å². The molecule has 0 fully saturated rings. The molecule has 0 aromatic heterocycles. The maximum absolute atomic E-state index is 12.2. The van der Waals surface area contributed by atoms with Crippen LogP contribution in [0.4, 0.5) is 11.4 Å². The molecule has 0 radical (unpaired) electrons. The van der Waals surface area contributed by atoms with Crippen molar-refractivity contribution in [2.24, 2.45) is 5.84 Å². The van der Waals surface area contributed by atoms with Crippen LogP contribution in [-0.2, 0) is 0 Å². The lowest BCUT2D eigenvalue weighted by molar-refractivity contribution is -0.384. The topological polar surface area (TPSA) is 114 Å². The van der Waals surface area contributed by atoms with Crippen LogP contribution in [-0.4, -0.2) is 42.4 Å². The van der Waals surface area contributed by atoms with Crippen molar-refractivity contribution < 1.29 is 9.72 Å². The van der Waals surface area contributed by atoms with E-state index >= 15 is 0 Å². The molecule has 0 aliphatic carbocycles. The number of carbonyl (C=O) groups excluding carboxylic acids is 1. The Morgan fingerprint density at radius 3 is 2.67 bits per heavy atom. The molecule has 0 bridgehead atoms. The molecule has 0 aliphatic heterocycles. The number of rotatable bonds is 7. The number of nitro groups is 1. The van der Waals surface area contributed by atoms with E-state index in [0.717, 1.165) is 13.0 Å². The zero-order valence-electron chi connectivity index (χ0n) is 12.4. The van der Waals surface area contributed by atoms with Gasteiger partial charge in [-0.1, -0.05) is 0 Å². The van der Waals surface area contributed by atoms with Crippen LogP contribution >= 0.6 is 0 Å². The SMILES string of the molecule is CC(CCN(C)C)NC(=O)c1cc([N+](=O)[O-])ccc1NN. The summed E-state index contributed by atoms with van der Waals surface area (Å²) in [6, 6.07) is 3.87. The first-order valence-corrected chi connectivity index (χ1v) is 6.55. The zero-order valence-corrected chi connectivity index (χ0v) is 12.4. The summed E-state index contributed by atoms with van der Waals surface area (Å²) >= 11 is 0. The number of nitrogen functional groups attached to an aromatic ring is 1. The normalized spacial score (nSPS) is 12.0. The van der Waals surface area contributed by atoms with Gasteiger partial charge in [0, 0.05) is 18.2 Å². The number of nitrogens with zero attached hydrogens (tertiary/aromatic N) is 2. The second kappa shape index (κ2) is 7.55. The van der Waals surface area contributed by atoms with Gasteiger partial charge in [-0.15, -0.1) is 0 Å². The summed E-state index contributed by atoms with van der Waals surface area (Å²) in [5.41, 5.74) is 2.72. The summed E-state index contributed by atoms with van der Waals surface area (Å²) in [5, 5.41) is 13.6. The number of hydrogen-bond donors (Lipinski definition) is 3. The Morgan fingerprint density at radius 1 is 1.48 bits per heavy atom. The average Bonchev–Trinajstić information content (AvgIpc) is 2.44. The second-order valence-electron chi connectivity index (χ2n) is 5.10. The fourth-order valence-corrected chi connectivity index (χ4v) is 1.79. The van der Waals surface area contributed by atoms with Gasteiger partial charge in [0.15, 0.2) is 0 Å². The Hall–Kier alpha value is -2.19. The third-order valence-electron chi connectivity index (χ3n) is 3.00. The molecule has 1 amide bonds. The quantitative estimate of drug-likeness (QED) is 0.392. The minimum absolute atomic E-state index is 0.0511. The van der Waals surface area contributed by atoms with Gasteiger partial charge in [-0.2, -0.15) is 0 Å². The summed E-state index contributed by atoms with van der Waals surface area (Å²) < 4.78 is 0. The highest BCUT2D eigenvalue weighted by Gasteiger charge is 2.17. The molecule has 0 heterocycles. The van der Waals surface area contributed by atoms with Crippen LogP contribution in [0.1, 0.15) is 23.7 Å². The van der Waals surface area contributed by atoms with Crippen LogP contribution < -0.4 is 16.6 Å². The number of nitrogens with two attached hydrogens (primary N) is 1. The number of nitro benzene ring substituents is 1. The first-order chi connectivity index (χ1) is 9.85. The first-order valence-electron chi connectivity index (χ1n) is 6.55. The van der Waals surface area contributed by atoms with Crippen LogP contribution in [0.3, 0.4) is 0 Å². The minimum Gasteiger partial charge on any atom is -0.349 e. The van der Waals surface area contributed by atoms with Crippen molar-refractivity contribution >= 4 is 17.3 Å². The lowest BCUT2D eigenvalue weighted by atomic mass is 10.1. The van der Waals surface area contributed by atoms with Gasteiger partial charge in [0.05, 0.1) is 16.2 Å². The van der Waals surface area contributed by atoms with E-state index in [-0.39, 0.29) is 17.3 Å². The van der Waals surface area contributed by atoms with E-state index in [1.54, 1.807) is 0 Å². The van der Waals surface area contributed by atoms with E-state index in [9.17, 15) is 14.9 Å². The molecule has 0 spiro atoms. The summed E-state index contributed by atoms with van der Waals surface area (Å²) in [4.78, 5) is 24.5. The molecule has 1 rings (SSSR count). The van der Waals surface area contributed by atoms with Crippen LogP contribution in [0.15, 0.2) is 18.2 Å². The van der Waals surface area contributed by atoms with Gasteiger partial charge < -0.3 is 15.6 Å². The monoisotopic (exact) mass is 295 g/mol. The molecule has 0 saturated carbocycles. The van der Waals surface area contributed by atoms with E-state index < -0.39 is 10.8 Å². The molecule has 0 saturated heterocycles. The maximum atomic E-state index is 12.2. The zero-order chi connectivity index (χ0) is 16.0. The summed E-state index contributed by atoms with van der Waals surface area (Å²) in [7, 11) is 3.90. The molecule has 1 atom stereocenters. The minimum atomic E-state index is -0.549. The van der Waals surface area contributed by atoms with Crippen molar-refractivity contribution in [3.05, 3.63) is 33.9 Å². The Morgan fingerprint density at radius 2 is 2.14 bits per heavy atom. The smallest absolute Gasteiger partial charge is 0.270 e. The van der Waals surface area contributed by atoms with Gasteiger partial charge in [0.25, 0.3) is 11.6 Å². The van der Waals surface area contributed by atoms with Crippen LogP contribution in [0, 0.1) is 10.1 Å². The predicted molar refractivity (Wildman–Crippen MR) is 81.0 cm³/mol. The highest BCUT2D eigenvalue weighted by molar-refractivity contribution is 6.00. The van der Waals surface area contributed by atoms with E-state index in [2.05, 4.69) is 10.7 Å². The van der Waals surface area contributed by atoms with E-state index in [0.29, 0.717) is 5.69 Å². The lowest BCUT2D eigenvalue weighted by Crippen LogP contribution is -2.35. The average molecular weight is 295 g/mol. The number of nitrogens with one attached hydrogen (secondary N) is 2. The third kappa shape index (κ3) is 5.01. The fourth-order valence-electron chi connectivity index (χ4n) is 1.79. The molecule has 116 valence electrons. The number of carbonyl (C=O) groups is 1. The first kappa shape index (κ1) is 16.9. The molecule has 8 heteroatoms. The Kier molecular flexibility index (Phi) is 6.07. The Balaban J connectivity index is 2.85. The van der Waals surface area contributed by atoms with Crippen molar-refractivity contribution in [2.45, 2.75) is 19.4 Å². The summed E-state index contributed by atoms with van der Waals surface area (Å²) in [6.45, 7) is 2.71. The summed E-state index contributed by atoms with van der Waals surface area (Å²) in [5.74, 6) is 4.95. The molecule has 8 nitrogen and oxygen atoms in total. The van der Waals surface area contributed by atoms with Gasteiger partial charge >= 0.3 is 0 Å². The molecule has 1 aromatic rings. The third-order valence-corrected chi connectivity index (χ3v) is 3.00. The van der Waals surface area contributed by atoms with Crippen molar-refractivity contribution in [3.63, 3.8) is 0 Å². The highest BCUT2D eigenvalue weighted by atomic mass is 16.6. The number of hydrogen-bond acceptors (Lipinski definition) is 6. The molecular formula is C13H21N5O3. The predicted octanol–water partition coefficient (Wildman–Crippen LogP) is 0.950. The van der Waals surface area contributed by atoms with E-state index in [1.165, 1.54) is 18.2 Å². The molecule has 1 aromatic carbocycles. The molecule has 0 aliphatic rings. The second-order valence-corrected chi connectivity index (χ2v) is 5.10. The number of non-ortho nitro benzene ring substituents is 1. The van der Waals surface area contributed by atoms with Gasteiger partial charge in [-0.05, 0) is 40.1 Å². The van der Waals surface area contributed by atoms with Crippen LogP contribution in [0.2, 0.25) is 0 Å². The number of benzene rings is 1. The molecule has 1 unspecified atom stereocenters. The highest BCUT2D eigenvalue weighted by Crippen LogP contribution is 2.21.